The number of hydrogen-bond donors (Lipinski definition) is 1. The lowest BCUT2D eigenvalue weighted by Gasteiger charge is -2.10. The van der Waals surface area contributed by atoms with Gasteiger partial charge in [-0.2, -0.15) is 8.42 Å². The first-order valence-electron chi connectivity index (χ1n) is 3.52. The second kappa shape index (κ2) is 3.28. The highest BCUT2D eigenvalue weighted by Crippen LogP contribution is 2.17. The zero-order chi connectivity index (χ0) is 9.19. The van der Waals surface area contributed by atoms with Crippen molar-refractivity contribution in [2.75, 3.05) is 0 Å². The van der Waals surface area contributed by atoms with E-state index < -0.39 is 10.4 Å². The van der Waals surface area contributed by atoms with Crippen molar-refractivity contribution in [3.05, 3.63) is 24.0 Å². The SMILES string of the molecule is CC1C=CC(OS(=O)(=O)O)=CC1. The van der Waals surface area contributed by atoms with Crippen LogP contribution >= 0.6 is 0 Å². The molecule has 12 heavy (non-hydrogen) atoms. The van der Waals surface area contributed by atoms with Crippen LogP contribution in [0.3, 0.4) is 0 Å². The summed E-state index contributed by atoms with van der Waals surface area (Å²) in [6.45, 7) is 2.00. The fourth-order valence-electron chi connectivity index (χ4n) is 0.891. The van der Waals surface area contributed by atoms with Crippen molar-refractivity contribution in [2.45, 2.75) is 13.3 Å². The van der Waals surface area contributed by atoms with E-state index in [1.807, 2.05) is 13.0 Å². The van der Waals surface area contributed by atoms with Gasteiger partial charge in [0.15, 0.2) is 0 Å². The zero-order valence-electron chi connectivity index (χ0n) is 6.60. The van der Waals surface area contributed by atoms with Crippen molar-refractivity contribution in [3.8, 4) is 0 Å². The summed E-state index contributed by atoms with van der Waals surface area (Å²) in [5.74, 6) is 0.564. The Labute approximate surface area is 71.5 Å². The lowest BCUT2D eigenvalue weighted by molar-refractivity contribution is 0.337. The van der Waals surface area contributed by atoms with Crippen molar-refractivity contribution < 1.29 is 17.2 Å². The van der Waals surface area contributed by atoms with E-state index in [9.17, 15) is 8.42 Å². The zero-order valence-corrected chi connectivity index (χ0v) is 7.41. The lowest BCUT2D eigenvalue weighted by atomic mass is 10.0. The first-order chi connectivity index (χ1) is 5.47. The molecule has 68 valence electrons. The van der Waals surface area contributed by atoms with Crippen LogP contribution in [-0.2, 0) is 14.6 Å². The van der Waals surface area contributed by atoms with E-state index in [0.717, 1.165) is 6.42 Å². The molecule has 5 heteroatoms. The predicted octanol–water partition coefficient (Wildman–Crippen LogP) is 1.29. The molecule has 0 spiro atoms. The Balaban J connectivity index is 2.63. The molecule has 1 aliphatic rings. The molecule has 0 amide bonds. The summed E-state index contributed by atoms with van der Waals surface area (Å²) >= 11 is 0. The summed E-state index contributed by atoms with van der Waals surface area (Å²) in [5, 5.41) is 0. The van der Waals surface area contributed by atoms with Crippen LogP contribution in [0.15, 0.2) is 24.0 Å². The average molecular weight is 190 g/mol. The molecule has 1 atom stereocenters. The molecule has 0 aliphatic heterocycles. The lowest BCUT2D eigenvalue weighted by Crippen LogP contribution is -2.04. The molecule has 0 aromatic carbocycles. The standard InChI is InChI=1S/C7H10O4S/c1-6-2-4-7(5-3-6)11-12(8,9)10/h2,4-6H,3H2,1H3,(H,8,9,10). The molecule has 0 saturated carbocycles. The molecule has 0 bridgehead atoms. The monoisotopic (exact) mass is 190 g/mol. The van der Waals surface area contributed by atoms with Gasteiger partial charge in [0.1, 0.15) is 5.76 Å². The molecule has 0 fully saturated rings. The Kier molecular flexibility index (Phi) is 2.54. The van der Waals surface area contributed by atoms with Crippen molar-refractivity contribution in [2.24, 2.45) is 5.92 Å². The Morgan fingerprint density at radius 1 is 1.67 bits per heavy atom. The third kappa shape index (κ3) is 3.06. The molecular weight excluding hydrogens is 180 g/mol. The van der Waals surface area contributed by atoms with E-state index in [2.05, 4.69) is 4.18 Å². The van der Waals surface area contributed by atoms with Crippen LogP contribution < -0.4 is 0 Å². The average Bonchev–Trinajstić information content (AvgIpc) is 1.91. The molecule has 0 radical (unpaired) electrons. The quantitative estimate of drug-likeness (QED) is 0.666. The number of rotatable bonds is 2. The molecule has 1 N–H and O–H groups in total. The van der Waals surface area contributed by atoms with Crippen LogP contribution in [0.5, 0.6) is 0 Å². The van der Waals surface area contributed by atoms with Crippen LogP contribution in [0.1, 0.15) is 13.3 Å². The minimum atomic E-state index is -4.36. The summed E-state index contributed by atoms with van der Waals surface area (Å²) in [6.07, 6.45) is 5.70. The van der Waals surface area contributed by atoms with Crippen LogP contribution in [-0.4, -0.2) is 13.0 Å². The highest BCUT2D eigenvalue weighted by molar-refractivity contribution is 7.81. The third-order valence-corrected chi connectivity index (χ3v) is 1.88. The van der Waals surface area contributed by atoms with Crippen LogP contribution in [0.2, 0.25) is 0 Å². The smallest absolute Gasteiger partial charge is 0.362 e. The first kappa shape index (κ1) is 9.28. The maximum absolute atomic E-state index is 10.2. The van der Waals surface area contributed by atoms with Crippen molar-refractivity contribution >= 4 is 10.4 Å². The molecule has 1 unspecified atom stereocenters. The van der Waals surface area contributed by atoms with Gasteiger partial charge in [0.25, 0.3) is 0 Å². The Morgan fingerprint density at radius 2 is 2.33 bits per heavy atom. The fourth-order valence-corrected chi connectivity index (χ4v) is 1.26. The maximum atomic E-state index is 10.2. The van der Waals surface area contributed by atoms with Gasteiger partial charge in [-0.3, -0.25) is 4.55 Å². The van der Waals surface area contributed by atoms with Gasteiger partial charge in [-0.25, -0.2) is 0 Å². The summed E-state index contributed by atoms with van der Waals surface area (Å²) in [5.41, 5.74) is 0. The second-order valence-electron chi connectivity index (χ2n) is 2.69. The summed E-state index contributed by atoms with van der Waals surface area (Å²) in [7, 11) is -4.36. The van der Waals surface area contributed by atoms with Gasteiger partial charge in [0, 0.05) is 0 Å². The normalized spacial score (nSPS) is 23.5. The van der Waals surface area contributed by atoms with Gasteiger partial charge in [0.2, 0.25) is 0 Å². The molecule has 1 rings (SSSR count). The van der Waals surface area contributed by atoms with E-state index in [1.54, 1.807) is 6.08 Å². The largest absolute Gasteiger partial charge is 0.446 e. The molecule has 0 heterocycles. The molecule has 1 aliphatic carbocycles. The Bertz CT molecular complexity index is 312. The highest BCUT2D eigenvalue weighted by atomic mass is 32.3. The molecule has 0 aromatic heterocycles. The number of allylic oxidation sites excluding steroid dienone is 3. The van der Waals surface area contributed by atoms with Gasteiger partial charge in [-0.05, 0) is 24.5 Å². The first-order valence-corrected chi connectivity index (χ1v) is 4.89. The van der Waals surface area contributed by atoms with E-state index in [0.29, 0.717) is 5.92 Å². The third-order valence-electron chi connectivity index (χ3n) is 1.48. The summed E-state index contributed by atoms with van der Waals surface area (Å²) in [4.78, 5) is 0. The minimum absolute atomic E-state index is 0.176. The van der Waals surface area contributed by atoms with Crippen molar-refractivity contribution in [1.82, 2.24) is 0 Å². The van der Waals surface area contributed by atoms with Crippen molar-refractivity contribution in [3.63, 3.8) is 0 Å². The van der Waals surface area contributed by atoms with E-state index in [4.69, 9.17) is 4.55 Å². The maximum Gasteiger partial charge on any atom is 0.446 e. The molecule has 0 saturated heterocycles. The minimum Gasteiger partial charge on any atom is -0.362 e. The van der Waals surface area contributed by atoms with E-state index in [1.165, 1.54) is 6.08 Å². The highest BCUT2D eigenvalue weighted by Gasteiger charge is 2.10. The fraction of sp³-hybridized carbons (Fsp3) is 0.429. The molecule has 0 aromatic rings. The Morgan fingerprint density at radius 3 is 2.75 bits per heavy atom. The summed E-state index contributed by atoms with van der Waals surface area (Å²) < 4.78 is 33.0. The van der Waals surface area contributed by atoms with Gasteiger partial charge in [-0.15, -0.1) is 0 Å². The van der Waals surface area contributed by atoms with Gasteiger partial charge >= 0.3 is 10.4 Å². The van der Waals surface area contributed by atoms with Gasteiger partial charge in [0.05, 0.1) is 0 Å². The van der Waals surface area contributed by atoms with Gasteiger partial charge in [-0.1, -0.05) is 13.0 Å². The predicted molar refractivity (Wildman–Crippen MR) is 43.6 cm³/mol. The molecular formula is C7H10O4S. The topological polar surface area (TPSA) is 63.6 Å². The van der Waals surface area contributed by atoms with Crippen LogP contribution in [0.25, 0.3) is 0 Å². The van der Waals surface area contributed by atoms with Crippen LogP contribution in [0.4, 0.5) is 0 Å². The Hall–Kier alpha value is -0.810. The van der Waals surface area contributed by atoms with Crippen molar-refractivity contribution in [1.29, 1.82) is 0 Å². The number of hydrogen-bond acceptors (Lipinski definition) is 3. The van der Waals surface area contributed by atoms with E-state index >= 15 is 0 Å². The summed E-state index contributed by atoms with van der Waals surface area (Å²) in [6, 6.07) is 0. The van der Waals surface area contributed by atoms with E-state index in [-0.39, 0.29) is 5.76 Å². The molecule has 4 nitrogen and oxygen atoms in total. The van der Waals surface area contributed by atoms with Crippen LogP contribution in [0, 0.1) is 5.92 Å². The van der Waals surface area contributed by atoms with Gasteiger partial charge < -0.3 is 4.18 Å². The second-order valence-corrected chi connectivity index (χ2v) is 3.71.